The molecule has 1 heterocycles. The van der Waals surface area contributed by atoms with Gasteiger partial charge in [-0.1, -0.05) is 18.7 Å². The van der Waals surface area contributed by atoms with Gasteiger partial charge < -0.3 is 10.4 Å². The van der Waals surface area contributed by atoms with E-state index in [1.807, 2.05) is 4.68 Å². The van der Waals surface area contributed by atoms with E-state index in [1.165, 1.54) is 0 Å². The molecule has 0 spiro atoms. The number of aromatic nitrogens is 4. The first-order chi connectivity index (χ1) is 8.38. The van der Waals surface area contributed by atoms with Crippen LogP contribution < -0.4 is 5.32 Å². The molecule has 98 valence electrons. The fourth-order valence-corrected chi connectivity index (χ4v) is 2.21. The van der Waals surface area contributed by atoms with E-state index in [0.717, 1.165) is 49.8 Å². The van der Waals surface area contributed by atoms with E-state index in [-0.39, 0.29) is 6.61 Å². The smallest absolute Gasteiger partial charge is 0.209 e. The van der Waals surface area contributed by atoms with E-state index < -0.39 is 0 Å². The van der Waals surface area contributed by atoms with Gasteiger partial charge in [0.25, 0.3) is 0 Å². The lowest BCUT2D eigenvalue weighted by molar-refractivity contribution is 0.287. The molecule has 17 heavy (non-hydrogen) atoms. The van der Waals surface area contributed by atoms with E-state index in [2.05, 4.69) is 27.8 Å². The molecular formula is C10H21N5OS. The quantitative estimate of drug-likeness (QED) is 0.472. The fourth-order valence-electron chi connectivity index (χ4n) is 1.30. The summed E-state index contributed by atoms with van der Waals surface area (Å²) in [6, 6.07) is 0. The SMILES string of the molecule is CCCNCCn1nnnc1SCCCCO. The van der Waals surface area contributed by atoms with E-state index in [1.54, 1.807) is 11.8 Å². The fraction of sp³-hybridized carbons (Fsp3) is 0.900. The van der Waals surface area contributed by atoms with Gasteiger partial charge in [0.2, 0.25) is 5.16 Å². The predicted molar refractivity (Wildman–Crippen MR) is 68.0 cm³/mol. The molecule has 0 radical (unpaired) electrons. The minimum absolute atomic E-state index is 0.256. The molecule has 1 aromatic heterocycles. The third-order valence-corrected chi connectivity index (χ3v) is 3.25. The van der Waals surface area contributed by atoms with Crippen LogP contribution in [0.1, 0.15) is 26.2 Å². The summed E-state index contributed by atoms with van der Waals surface area (Å²) in [4.78, 5) is 0. The Labute approximate surface area is 106 Å². The molecule has 0 bridgehead atoms. The summed E-state index contributed by atoms with van der Waals surface area (Å²) in [7, 11) is 0. The normalized spacial score (nSPS) is 10.9. The van der Waals surface area contributed by atoms with Crippen molar-refractivity contribution >= 4 is 11.8 Å². The van der Waals surface area contributed by atoms with E-state index in [4.69, 9.17) is 5.11 Å². The highest BCUT2D eigenvalue weighted by Gasteiger charge is 2.05. The second-order valence-electron chi connectivity index (χ2n) is 3.71. The standard InChI is InChI=1S/C10H21N5OS/c1-2-5-11-6-7-15-10(12-13-14-15)17-9-4-3-8-16/h11,16H,2-9H2,1H3. The highest BCUT2D eigenvalue weighted by molar-refractivity contribution is 7.99. The topological polar surface area (TPSA) is 75.9 Å². The lowest BCUT2D eigenvalue weighted by Gasteiger charge is -2.05. The highest BCUT2D eigenvalue weighted by atomic mass is 32.2. The van der Waals surface area contributed by atoms with Gasteiger partial charge in [-0.05, 0) is 36.2 Å². The van der Waals surface area contributed by atoms with Crippen molar-refractivity contribution in [3.8, 4) is 0 Å². The maximum absolute atomic E-state index is 8.68. The molecule has 0 fully saturated rings. The maximum atomic E-state index is 8.68. The molecule has 2 N–H and O–H groups in total. The van der Waals surface area contributed by atoms with Gasteiger partial charge in [-0.25, -0.2) is 4.68 Å². The van der Waals surface area contributed by atoms with Gasteiger partial charge in [0, 0.05) is 18.9 Å². The summed E-state index contributed by atoms with van der Waals surface area (Å²) in [5, 5.41) is 24.5. The number of tetrazole rings is 1. The van der Waals surface area contributed by atoms with Crippen LogP contribution in [0.3, 0.4) is 0 Å². The number of aliphatic hydroxyl groups is 1. The Hall–Kier alpha value is -0.660. The molecule has 1 aromatic rings. The largest absolute Gasteiger partial charge is 0.396 e. The molecule has 0 aliphatic heterocycles. The van der Waals surface area contributed by atoms with E-state index in [9.17, 15) is 0 Å². The summed E-state index contributed by atoms with van der Waals surface area (Å²) in [5.74, 6) is 0.948. The Morgan fingerprint density at radius 1 is 1.35 bits per heavy atom. The lowest BCUT2D eigenvalue weighted by Crippen LogP contribution is -2.21. The molecule has 0 unspecified atom stereocenters. The van der Waals surface area contributed by atoms with E-state index in [0.29, 0.717) is 0 Å². The van der Waals surface area contributed by atoms with Crippen LogP contribution in [-0.4, -0.2) is 50.8 Å². The number of unbranched alkanes of at least 4 members (excludes halogenated alkanes) is 1. The first-order valence-electron chi connectivity index (χ1n) is 6.09. The van der Waals surface area contributed by atoms with Gasteiger partial charge in [-0.2, -0.15) is 0 Å². The number of hydrogen-bond acceptors (Lipinski definition) is 6. The van der Waals surface area contributed by atoms with Crippen molar-refractivity contribution in [3.63, 3.8) is 0 Å². The zero-order valence-corrected chi connectivity index (χ0v) is 11.1. The lowest BCUT2D eigenvalue weighted by atomic mass is 10.4. The van der Waals surface area contributed by atoms with Crippen LogP contribution in [0.5, 0.6) is 0 Å². The van der Waals surface area contributed by atoms with Crippen LogP contribution in [-0.2, 0) is 6.54 Å². The summed E-state index contributed by atoms with van der Waals surface area (Å²) < 4.78 is 1.83. The molecule has 0 aliphatic carbocycles. The summed E-state index contributed by atoms with van der Waals surface area (Å²) in [6.45, 7) is 5.12. The average molecular weight is 259 g/mol. The molecule has 6 nitrogen and oxygen atoms in total. The number of hydrogen-bond donors (Lipinski definition) is 2. The molecule has 7 heteroatoms. The third kappa shape index (κ3) is 5.99. The first kappa shape index (κ1) is 14.4. The Morgan fingerprint density at radius 3 is 3.00 bits per heavy atom. The number of nitrogens with one attached hydrogen (secondary N) is 1. The van der Waals surface area contributed by atoms with Crippen LogP contribution >= 0.6 is 11.8 Å². The molecule has 0 aromatic carbocycles. The Bertz CT molecular complexity index is 267. The van der Waals surface area contributed by atoms with Gasteiger partial charge in [-0.3, -0.25) is 0 Å². The second kappa shape index (κ2) is 9.38. The molecule has 0 atom stereocenters. The highest BCUT2D eigenvalue weighted by Crippen LogP contribution is 2.14. The molecule has 1 rings (SSSR count). The van der Waals surface area contributed by atoms with Crippen molar-refractivity contribution in [2.24, 2.45) is 0 Å². The van der Waals surface area contributed by atoms with Crippen molar-refractivity contribution in [2.45, 2.75) is 37.9 Å². The summed E-state index contributed by atoms with van der Waals surface area (Å²) in [5.41, 5.74) is 0. The van der Waals surface area contributed by atoms with Crippen molar-refractivity contribution in [1.82, 2.24) is 25.5 Å². The predicted octanol–water partition coefficient (Wildman–Crippen LogP) is 0.537. The molecule has 0 saturated heterocycles. The number of thioether (sulfide) groups is 1. The molecule has 0 aliphatic rings. The minimum Gasteiger partial charge on any atom is -0.396 e. The molecule has 0 saturated carbocycles. The van der Waals surface area contributed by atoms with Crippen LogP contribution in [0.2, 0.25) is 0 Å². The zero-order chi connectivity index (χ0) is 12.3. The number of nitrogens with zero attached hydrogens (tertiary/aromatic N) is 4. The Kier molecular flexibility index (Phi) is 7.94. The van der Waals surface area contributed by atoms with Gasteiger partial charge in [0.15, 0.2) is 0 Å². The summed E-state index contributed by atoms with van der Waals surface area (Å²) in [6.07, 6.45) is 2.97. The van der Waals surface area contributed by atoms with Crippen LogP contribution in [0.25, 0.3) is 0 Å². The van der Waals surface area contributed by atoms with Crippen molar-refractivity contribution in [3.05, 3.63) is 0 Å². The Balaban J connectivity index is 2.22. The minimum atomic E-state index is 0.256. The monoisotopic (exact) mass is 259 g/mol. The van der Waals surface area contributed by atoms with Crippen LogP contribution in [0.15, 0.2) is 5.16 Å². The number of rotatable bonds is 10. The molecule has 0 amide bonds. The third-order valence-electron chi connectivity index (χ3n) is 2.21. The summed E-state index contributed by atoms with van der Waals surface area (Å²) >= 11 is 1.65. The van der Waals surface area contributed by atoms with Gasteiger partial charge >= 0.3 is 0 Å². The number of aliphatic hydroxyl groups excluding tert-OH is 1. The van der Waals surface area contributed by atoms with Gasteiger partial charge in [0.1, 0.15) is 0 Å². The molecular weight excluding hydrogens is 238 g/mol. The van der Waals surface area contributed by atoms with Gasteiger partial charge in [0.05, 0.1) is 6.54 Å². The second-order valence-corrected chi connectivity index (χ2v) is 4.78. The Morgan fingerprint density at radius 2 is 2.24 bits per heavy atom. The first-order valence-corrected chi connectivity index (χ1v) is 7.07. The maximum Gasteiger partial charge on any atom is 0.209 e. The average Bonchev–Trinajstić information content (AvgIpc) is 2.78. The van der Waals surface area contributed by atoms with Crippen molar-refractivity contribution in [1.29, 1.82) is 0 Å². The van der Waals surface area contributed by atoms with Gasteiger partial charge in [-0.15, -0.1) is 5.10 Å². The van der Waals surface area contributed by atoms with Crippen molar-refractivity contribution in [2.75, 3.05) is 25.4 Å². The van der Waals surface area contributed by atoms with Crippen LogP contribution in [0.4, 0.5) is 0 Å². The zero-order valence-electron chi connectivity index (χ0n) is 10.3. The van der Waals surface area contributed by atoms with E-state index >= 15 is 0 Å². The van der Waals surface area contributed by atoms with Crippen LogP contribution in [0, 0.1) is 0 Å². The van der Waals surface area contributed by atoms with Crippen molar-refractivity contribution < 1.29 is 5.11 Å².